The molecule has 6 heteroatoms. The Kier molecular flexibility index (Phi) is 3.35. The minimum Gasteiger partial charge on any atom is -0.399 e. The van der Waals surface area contributed by atoms with Crippen LogP contribution in [-0.2, 0) is 9.31 Å². The van der Waals surface area contributed by atoms with Gasteiger partial charge in [-0.15, -0.1) is 0 Å². The fourth-order valence-corrected chi connectivity index (χ4v) is 2.40. The number of H-pyrrole nitrogens is 1. The van der Waals surface area contributed by atoms with Crippen LogP contribution < -0.4 is 5.46 Å². The largest absolute Gasteiger partial charge is 0.494 e. The molecule has 0 saturated carbocycles. The topological polar surface area (TPSA) is 70.9 Å². The molecule has 2 aromatic rings. The second kappa shape index (κ2) is 4.97. The molecule has 22 heavy (non-hydrogen) atoms. The number of rotatable bonds is 2. The van der Waals surface area contributed by atoms with Gasteiger partial charge in [-0.3, -0.25) is 0 Å². The normalized spacial score (nSPS) is 19.1. The van der Waals surface area contributed by atoms with Gasteiger partial charge in [-0.25, -0.2) is 4.98 Å². The number of hydrogen-bond acceptors (Lipinski definition) is 4. The smallest absolute Gasteiger partial charge is 0.399 e. The number of nitrogens with one attached hydrogen (secondary N) is 1. The molecule has 1 aliphatic heterocycles. The minimum atomic E-state index is -0.470. The summed E-state index contributed by atoms with van der Waals surface area (Å²) < 4.78 is 12.1. The number of nitrogens with zero attached hydrogens (tertiary/aromatic N) is 2. The maximum absolute atomic E-state index is 9.42. The lowest BCUT2D eigenvalue weighted by atomic mass is 9.78. The first-order valence-corrected chi connectivity index (χ1v) is 7.23. The van der Waals surface area contributed by atoms with Crippen LogP contribution in [0.15, 0.2) is 30.6 Å². The summed E-state index contributed by atoms with van der Waals surface area (Å²) in [5.74, 6) is 0.678. The summed E-state index contributed by atoms with van der Waals surface area (Å²) in [7, 11) is -0.470. The molecule has 3 rings (SSSR count). The summed E-state index contributed by atoms with van der Waals surface area (Å²) >= 11 is 0. The van der Waals surface area contributed by atoms with Crippen molar-refractivity contribution in [1.29, 1.82) is 5.26 Å². The van der Waals surface area contributed by atoms with E-state index in [-0.39, 0.29) is 0 Å². The molecule has 1 N–H and O–H groups in total. The highest BCUT2D eigenvalue weighted by molar-refractivity contribution is 6.62. The molecular weight excluding hydrogens is 277 g/mol. The lowest BCUT2D eigenvalue weighted by Crippen LogP contribution is -2.41. The van der Waals surface area contributed by atoms with Crippen molar-refractivity contribution >= 4 is 12.6 Å². The van der Waals surface area contributed by atoms with Crippen LogP contribution in [0.2, 0.25) is 0 Å². The molecule has 0 bridgehead atoms. The standard InChI is InChI=1S/C16H18BN3O2/c1-15(2)16(3,4)22-17(21-15)12-5-6-13(11(9-12)10-18)14-19-7-8-20-14/h5-9H,1-4H3,(H,19,20). The number of aromatic nitrogens is 2. The zero-order chi connectivity index (χ0) is 16.0. The molecule has 1 aromatic heterocycles. The van der Waals surface area contributed by atoms with E-state index in [1.54, 1.807) is 18.5 Å². The van der Waals surface area contributed by atoms with Crippen molar-refractivity contribution in [1.82, 2.24) is 9.97 Å². The number of hydrogen-bond donors (Lipinski definition) is 1. The highest BCUT2D eigenvalue weighted by Gasteiger charge is 2.51. The molecule has 0 atom stereocenters. The predicted octanol–water partition coefficient (Wildman–Crippen LogP) is 2.25. The summed E-state index contributed by atoms with van der Waals surface area (Å²) in [5.41, 5.74) is 1.36. The van der Waals surface area contributed by atoms with E-state index in [0.29, 0.717) is 11.4 Å². The molecule has 0 radical (unpaired) electrons. The zero-order valence-corrected chi connectivity index (χ0v) is 13.2. The van der Waals surface area contributed by atoms with Crippen molar-refractivity contribution in [3.63, 3.8) is 0 Å². The SMILES string of the molecule is CC1(C)OB(c2ccc(-c3ncc[nH]3)c(C#N)c2)OC1(C)C. The van der Waals surface area contributed by atoms with Gasteiger partial charge in [-0.2, -0.15) is 5.26 Å². The van der Waals surface area contributed by atoms with Crippen LogP contribution in [0.25, 0.3) is 11.4 Å². The van der Waals surface area contributed by atoms with Crippen molar-refractivity contribution in [3.05, 3.63) is 36.2 Å². The third kappa shape index (κ3) is 2.33. The molecule has 2 heterocycles. The minimum absolute atomic E-state index is 0.399. The molecule has 112 valence electrons. The molecule has 0 amide bonds. The molecule has 1 fully saturated rings. The van der Waals surface area contributed by atoms with E-state index in [9.17, 15) is 5.26 Å². The lowest BCUT2D eigenvalue weighted by molar-refractivity contribution is 0.00578. The van der Waals surface area contributed by atoms with Crippen LogP contribution in [-0.4, -0.2) is 28.3 Å². The van der Waals surface area contributed by atoms with Crippen LogP contribution in [0.3, 0.4) is 0 Å². The van der Waals surface area contributed by atoms with Crippen LogP contribution in [0.1, 0.15) is 33.3 Å². The van der Waals surface area contributed by atoms with E-state index in [1.165, 1.54) is 0 Å². The molecule has 0 spiro atoms. The monoisotopic (exact) mass is 295 g/mol. The maximum atomic E-state index is 9.42. The first-order chi connectivity index (χ1) is 10.3. The number of nitriles is 1. The Hall–Kier alpha value is -2.10. The fourth-order valence-electron chi connectivity index (χ4n) is 2.40. The van der Waals surface area contributed by atoms with Crippen molar-refractivity contribution in [2.45, 2.75) is 38.9 Å². The Morgan fingerprint density at radius 2 is 1.86 bits per heavy atom. The second-order valence-corrected chi connectivity index (χ2v) is 6.44. The molecular formula is C16H18BN3O2. The first kappa shape index (κ1) is 14.8. The van der Waals surface area contributed by atoms with E-state index in [0.717, 1.165) is 11.0 Å². The predicted molar refractivity (Wildman–Crippen MR) is 84.5 cm³/mol. The third-order valence-corrected chi connectivity index (χ3v) is 4.44. The van der Waals surface area contributed by atoms with E-state index in [1.807, 2.05) is 39.8 Å². The van der Waals surface area contributed by atoms with Gasteiger partial charge < -0.3 is 14.3 Å². The quantitative estimate of drug-likeness (QED) is 0.863. The van der Waals surface area contributed by atoms with Gasteiger partial charge in [-0.1, -0.05) is 12.1 Å². The van der Waals surface area contributed by atoms with Crippen LogP contribution in [0.5, 0.6) is 0 Å². The summed E-state index contributed by atoms with van der Waals surface area (Å²) in [4.78, 5) is 7.22. The van der Waals surface area contributed by atoms with Gasteiger partial charge in [0.2, 0.25) is 0 Å². The molecule has 1 saturated heterocycles. The fraction of sp³-hybridized carbons (Fsp3) is 0.375. The van der Waals surface area contributed by atoms with Gasteiger partial charge >= 0.3 is 7.12 Å². The third-order valence-electron chi connectivity index (χ3n) is 4.44. The van der Waals surface area contributed by atoms with Gasteiger partial charge in [-0.05, 0) is 39.2 Å². The van der Waals surface area contributed by atoms with E-state index in [4.69, 9.17) is 9.31 Å². The Labute approximate surface area is 130 Å². The van der Waals surface area contributed by atoms with Crippen LogP contribution >= 0.6 is 0 Å². The van der Waals surface area contributed by atoms with Gasteiger partial charge in [0.25, 0.3) is 0 Å². The van der Waals surface area contributed by atoms with Crippen molar-refractivity contribution in [2.24, 2.45) is 0 Å². The van der Waals surface area contributed by atoms with Crippen LogP contribution in [0, 0.1) is 11.3 Å². The lowest BCUT2D eigenvalue weighted by Gasteiger charge is -2.32. The van der Waals surface area contributed by atoms with Gasteiger partial charge in [0, 0.05) is 18.0 Å². The number of imidazole rings is 1. The van der Waals surface area contributed by atoms with Crippen molar-refractivity contribution in [2.75, 3.05) is 0 Å². The van der Waals surface area contributed by atoms with Crippen molar-refractivity contribution < 1.29 is 9.31 Å². The van der Waals surface area contributed by atoms with E-state index >= 15 is 0 Å². The Bertz CT molecular complexity index is 716. The summed E-state index contributed by atoms with van der Waals surface area (Å²) in [6.07, 6.45) is 3.40. The molecule has 0 aliphatic carbocycles. The Morgan fingerprint density at radius 1 is 1.18 bits per heavy atom. The average Bonchev–Trinajstić information content (AvgIpc) is 3.05. The average molecular weight is 295 g/mol. The van der Waals surface area contributed by atoms with Gasteiger partial charge in [0.05, 0.1) is 22.8 Å². The summed E-state index contributed by atoms with van der Waals surface area (Å²) in [5, 5.41) is 9.42. The molecule has 1 aromatic carbocycles. The first-order valence-electron chi connectivity index (χ1n) is 7.23. The number of benzene rings is 1. The van der Waals surface area contributed by atoms with Gasteiger partial charge in [0.15, 0.2) is 0 Å². The van der Waals surface area contributed by atoms with Gasteiger partial charge in [0.1, 0.15) is 5.82 Å². The molecule has 5 nitrogen and oxygen atoms in total. The summed E-state index contributed by atoms with van der Waals surface area (Å²) in [6.45, 7) is 8.04. The zero-order valence-electron chi connectivity index (χ0n) is 13.2. The highest BCUT2D eigenvalue weighted by atomic mass is 16.7. The van der Waals surface area contributed by atoms with Crippen LogP contribution in [0.4, 0.5) is 0 Å². The van der Waals surface area contributed by atoms with Crippen molar-refractivity contribution in [3.8, 4) is 17.5 Å². The molecule has 1 aliphatic rings. The Balaban J connectivity index is 1.96. The maximum Gasteiger partial charge on any atom is 0.494 e. The second-order valence-electron chi connectivity index (χ2n) is 6.44. The number of aromatic amines is 1. The van der Waals surface area contributed by atoms with E-state index < -0.39 is 18.3 Å². The Morgan fingerprint density at radius 3 is 2.41 bits per heavy atom. The molecule has 0 unspecified atom stereocenters. The highest BCUT2D eigenvalue weighted by Crippen LogP contribution is 2.36. The van der Waals surface area contributed by atoms with E-state index in [2.05, 4.69) is 16.0 Å². The summed E-state index contributed by atoms with van der Waals surface area (Å²) in [6, 6.07) is 7.81.